The van der Waals surface area contributed by atoms with Gasteiger partial charge in [-0.1, -0.05) is 0 Å². The molecule has 3 N–H and O–H groups in total. The van der Waals surface area contributed by atoms with Gasteiger partial charge >= 0.3 is 0 Å². The van der Waals surface area contributed by atoms with Gasteiger partial charge in [-0.15, -0.1) is 0 Å². The molecule has 1 rings (SSSR count). The van der Waals surface area contributed by atoms with Gasteiger partial charge in [0.2, 0.25) is 0 Å². The molecule has 0 saturated heterocycles. The number of hydrogen-bond acceptors (Lipinski definition) is 3. The molecular weight excluding hydrogens is 247 g/mol. The average Bonchev–Trinajstić information content (AvgIpc) is 2.39. The molecular formula is C14H21FN2O2. The highest BCUT2D eigenvalue weighted by molar-refractivity contribution is 5.95. The van der Waals surface area contributed by atoms with E-state index in [0.29, 0.717) is 12.1 Å². The van der Waals surface area contributed by atoms with Crippen molar-refractivity contribution in [2.75, 3.05) is 25.9 Å². The Balaban J connectivity index is 2.66. The molecule has 1 aromatic carbocycles. The Labute approximate surface area is 113 Å². The minimum atomic E-state index is -0.461. The summed E-state index contributed by atoms with van der Waals surface area (Å²) < 4.78 is 13.5. The number of halogens is 1. The van der Waals surface area contributed by atoms with E-state index in [0.717, 1.165) is 19.3 Å². The van der Waals surface area contributed by atoms with E-state index in [2.05, 4.69) is 0 Å². The predicted octanol–water partition coefficient (Wildman–Crippen LogP) is 1.95. The van der Waals surface area contributed by atoms with Crippen molar-refractivity contribution in [3.05, 3.63) is 29.1 Å². The van der Waals surface area contributed by atoms with Crippen LogP contribution in [0.1, 0.15) is 35.2 Å². The molecule has 0 aliphatic heterocycles. The summed E-state index contributed by atoms with van der Waals surface area (Å²) in [5.41, 5.74) is 6.58. The van der Waals surface area contributed by atoms with E-state index >= 15 is 0 Å². The van der Waals surface area contributed by atoms with E-state index < -0.39 is 5.82 Å². The van der Waals surface area contributed by atoms with Crippen LogP contribution in [0.2, 0.25) is 0 Å². The zero-order chi connectivity index (χ0) is 14.4. The summed E-state index contributed by atoms with van der Waals surface area (Å²) in [7, 11) is 1.68. The molecule has 106 valence electrons. The van der Waals surface area contributed by atoms with Crippen molar-refractivity contribution in [1.82, 2.24) is 4.90 Å². The summed E-state index contributed by atoms with van der Waals surface area (Å²) in [4.78, 5) is 13.6. The van der Waals surface area contributed by atoms with E-state index in [9.17, 15) is 9.18 Å². The van der Waals surface area contributed by atoms with Gasteiger partial charge in [-0.05, 0) is 38.3 Å². The Bertz CT molecular complexity index is 426. The molecule has 0 unspecified atom stereocenters. The first kappa shape index (κ1) is 15.4. The Morgan fingerprint density at radius 3 is 2.63 bits per heavy atom. The van der Waals surface area contributed by atoms with Gasteiger partial charge in [0.15, 0.2) is 0 Å². The van der Waals surface area contributed by atoms with Gasteiger partial charge in [0.25, 0.3) is 5.91 Å². The molecule has 5 heteroatoms. The van der Waals surface area contributed by atoms with E-state index in [-0.39, 0.29) is 23.8 Å². The minimum absolute atomic E-state index is 0.164. The monoisotopic (exact) mass is 268 g/mol. The van der Waals surface area contributed by atoms with Crippen molar-refractivity contribution in [2.24, 2.45) is 0 Å². The Kier molecular flexibility index (Phi) is 5.76. The maximum Gasteiger partial charge on any atom is 0.253 e. The number of unbranched alkanes of at least 4 members (excludes halogenated alkanes) is 2. The van der Waals surface area contributed by atoms with Crippen LogP contribution in [0.15, 0.2) is 12.1 Å². The second-order valence-corrected chi connectivity index (χ2v) is 4.68. The lowest BCUT2D eigenvalue weighted by Crippen LogP contribution is -2.28. The van der Waals surface area contributed by atoms with Crippen LogP contribution in [-0.2, 0) is 0 Å². The van der Waals surface area contributed by atoms with Crippen LogP contribution < -0.4 is 5.73 Å². The van der Waals surface area contributed by atoms with E-state index in [4.69, 9.17) is 10.8 Å². The smallest absolute Gasteiger partial charge is 0.253 e. The van der Waals surface area contributed by atoms with Gasteiger partial charge in [0.05, 0.1) is 0 Å². The highest BCUT2D eigenvalue weighted by Gasteiger charge is 2.14. The first-order valence-electron chi connectivity index (χ1n) is 6.39. The quantitative estimate of drug-likeness (QED) is 0.612. The molecule has 0 spiro atoms. The third-order valence-electron chi connectivity index (χ3n) is 3.13. The molecule has 0 radical (unpaired) electrons. The fraction of sp³-hybridized carbons (Fsp3) is 0.500. The van der Waals surface area contributed by atoms with Gasteiger partial charge in [-0.25, -0.2) is 4.39 Å². The van der Waals surface area contributed by atoms with E-state index in [1.54, 1.807) is 18.9 Å². The van der Waals surface area contributed by atoms with Crippen LogP contribution in [0, 0.1) is 12.7 Å². The molecule has 0 aliphatic rings. The van der Waals surface area contributed by atoms with Crippen molar-refractivity contribution >= 4 is 11.6 Å². The summed E-state index contributed by atoms with van der Waals surface area (Å²) in [6.45, 7) is 2.32. The summed E-state index contributed by atoms with van der Waals surface area (Å²) in [5.74, 6) is -0.702. The van der Waals surface area contributed by atoms with Crippen molar-refractivity contribution in [1.29, 1.82) is 0 Å². The van der Waals surface area contributed by atoms with Gasteiger partial charge in [-0.2, -0.15) is 0 Å². The normalized spacial score (nSPS) is 10.5. The Morgan fingerprint density at radius 1 is 1.37 bits per heavy atom. The Morgan fingerprint density at radius 2 is 2.05 bits per heavy atom. The molecule has 0 heterocycles. The van der Waals surface area contributed by atoms with Crippen molar-refractivity contribution < 1.29 is 14.3 Å². The molecule has 0 saturated carbocycles. The topological polar surface area (TPSA) is 66.6 Å². The SMILES string of the molecule is Cc1c(N)cc(C(=O)N(C)CCCCCO)cc1F. The van der Waals surface area contributed by atoms with Gasteiger partial charge in [0, 0.05) is 37.0 Å². The van der Waals surface area contributed by atoms with E-state index in [1.165, 1.54) is 12.1 Å². The minimum Gasteiger partial charge on any atom is -0.398 e. The third-order valence-corrected chi connectivity index (χ3v) is 3.13. The lowest BCUT2D eigenvalue weighted by atomic mass is 10.1. The second-order valence-electron chi connectivity index (χ2n) is 4.68. The predicted molar refractivity (Wildman–Crippen MR) is 73.4 cm³/mol. The summed E-state index contributed by atoms with van der Waals surface area (Å²) >= 11 is 0. The number of carbonyl (C=O) groups is 1. The first-order valence-corrected chi connectivity index (χ1v) is 6.39. The molecule has 0 bridgehead atoms. The number of nitrogens with two attached hydrogens (primary N) is 1. The summed E-state index contributed by atoms with van der Waals surface area (Å²) in [5, 5.41) is 8.67. The number of carbonyl (C=O) groups excluding carboxylic acids is 1. The number of nitrogen functional groups attached to an aromatic ring is 1. The molecule has 1 aromatic rings. The Hall–Kier alpha value is -1.62. The van der Waals surface area contributed by atoms with Crippen LogP contribution in [0.25, 0.3) is 0 Å². The number of rotatable bonds is 6. The maximum absolute atomic E-state index is 13.5. The zero-order valence-corrected chi connectivity index (χ0v) is 11.4. The van der Waals surface area contributed by atoms with Crippen LogP contribution in [0.4, 0.5) is 10.1 Å². The fourth-order valence-electron chi connectivity index (χ4n) is 1.78. The van der Waals surface area contributed by atoms with E-state index in [1.807, 2.05) is 0 Å². The number of benzene rings is 1. The molecule has 0 atom stereocenters. The largest absolute Gasteiger partial charge is 0.398 e. The number of nitrogens with zero attached hydrogens (tertiary/aromatic N) is 1. The molecule has 1 amide bonds. The molecule has 0 fully saturated rings. The highest BCUT2D eigenvalue weighted by atomic mass is 19.1. The number of anilines is 1. The van der Waals surface area contributed by atoms with Gasteiger partial charge < -0.3 is 15.7 Å². The molecule has 0 aliphatic carbocycles. The molecule has 19 heavy (non-hydrogen) atoms. The van der Waals surface area contributed by atoms with Crippen molar-refractivity contribution in [3.63, 3.8) is 0 Å². The zero-order valence-electron chi connectivity index (χ0n) is 11.4. The standard InChI is InChI=1S/C14H21FN2O2/c1-10-12(15)8-11(9-13(10)16)14(19)17(2)6-4-3-5-7-18/h8-9,18H,3-7,16H2,1-2H3. The average molecular weight is 268 g/mol. The lowest BCUT2D eigenvalue weighted by molar-refractivity contribution is 0.0791. The fourth-order valence-corrected chi connectivity index (χ4v) is 1.78. The number of hydrogen-bond donors (Lipinski definition) is 2. The van der Waals surface area contributed by atoms with Crippen molar-refractivity contribution in [3.8, 4) is 0 Å². The maximum atomic E-state index is 13.5. The second kappa shape index (κ2) is 7.09. The van der Waals surface area contributed by atoms with Crippen LogP contribution >= 0.6 is 0 Å². The molecule has 0 aromatic heterocycles. The van der Waals surface area contributed by atoms with Crippen LogP contribution in [-0.4, -0.2) is 36.1 Å². The first-order chi connectivity index (χ1) is 8.97. The molecule has 4 nitrogen and oxygen atoms in total. The number of aliphatic hydroxyl groups is 1. The van der Waals surface area contributed by atoms with Gasteiger partial charge in [0.1, 0.15) is 5.82 Å². The number of aliphatic hydroxyl groups excluding tert-OH is 1. The van der Waals surface area contributed by atoms with Crippen LogP contribution in [0.5, 0.6) is 0 Å². The van der Waals surface area contributed by atoms with Gasteiger partial charge in [-0.3, -0.25) is 4.79 Å². The summed E-state index contributed by atoms with van der Waals surface area (Å²) in [6.07, 6.45) is 2.40. The summed E-state index contributed by atoms with van der Waals surface area (Å²) in [6, 6.07) is 2.73. The van der Waals surface area contributed by atoms with Crippen molar-refractivity contribution in [2.45, 2.75) is 26.2 Å². The van der Waals surface area contributed by atoms with Crippen LogP contribution in [0.3, 0.4) is 0 Å². The third kappa shape index (κ3) is 4.21. The lowest BCUT2D eigenvalue weighted by Gasteiger charge is -2.17. The highest BCUT2D eigenvalue weighted by Crippen LogP contribution is 2.18. The number of amides is 1.